The summed E-state index contributed by atoms with van der Waals surface area (Å²) in [5, 5.41) is 6.41. The van der Waals surface area contributed by atoms with Gasteiger partial charge in [0.15, 0.2) is 0 Å². The maximum Gasteiger partial charge on any atom is 0.221 e. The van der Waals surface area contributed by atoms with E-state index in [4.69, 9.17) is 0 Å². The van der Waals surface area contributed by atoms with E-state index in [2.05, 4.69) is 17.6 Å². The van der Waals surface area contributed by atoms with Crippen molar-refractivity contribution in [3.8, 4) is 0 Å². The standard InChI is InChI=1S/C14H28N2O/c1-3-13(12-8-6-5-7-9-12)16-11-10-14(17)15-4-2/h12-13,16H,3-11H2,1-2H3,(H,15,17). The molecular weight excluding hydrogens is 212 g/mol. The topological polar surface area (TPSA) is 41.1 Å². The molecule has 0 saturated heterocycles. The van der Waals surface area contributed by atoms with Crippen LogP contribution in [0.5, 0.6) is 0 Å². The molecule has 100 valence electrons. The predicted octanol–water partition coefficient (Wildman–Crippen LogP) is 2.46. The van der Waals surface area contributed by atoms with E-state index in [9.17, 15) is 4.79 Å². The average molecular weight is 240 g/mol. The zero-order chi connectivity index (χ0) is 12.5. The lowest BCUT2D eigenvalue weighted by molar-refractivity contribution is -0.120. The molecule has 17 heavy (non-hydrogen) atoms. The number of nitrogens with one attached hydrogen (secondary N) is 2. The van der Waals surface area contributed by atoms with Gasteiger partial charge in [-0.1, -0.05) is 26.2 Å². The maximum atomic E-state index is 11.3. The highest BCUT2D eigenvalue weighted by Gasteiger charge is 2.21. The summed E-state index contributed by atoms with van der Waals surface area (Å²) in [6.07, 6.45) is 8.71. The molecule has 0 aromatic carbocycles. The Bertz CT molecular complexity index is 212. The van der Waals surface area contributed by atoms with Crippen LogP contribution in [0.15, 0.2) is 0 Å². The molecule has 1 aliphatic carbocycles. The number of hydrogen-bond acceptors (Lipinski definition) is 2. The molecule has 2 N–H and O–H groups in total. The van der Waals surface area contributed by atoms with Crippen molar-refractivity contribution < 1.29 is 4.79 Å². The third-order valence-corrected chi connectivity index (χ3v) is 3.79. The molecule has 1 fully saturated rings. The van der Waals surface area contributed by atoms with Gasteiger partial charge in [0.25, 0.3) is 0 Å². The highest BCUT2D eigenvalue weighted by Crippen LogP contribution is 2.27. The van der Waals surface area contributed by atoms with E-state index in [1.165, 1.54) is 38.5 Å². The summed E-state index contributed by atoms with van der Waals surface area (Å²) in [6.45, 7) is 5.76. The van der Waals surface area contributed by atoms with Crippen LogP contribution >= 0.6 is 0 Å². The van der Waals surface area contributed by atoms with Gasteiger partial charge in [-0.2, -0.15) is 0 Å². The number of hydrogen-bond donors (Lipinski definition) is 2. The molecule has 0 aliphatic heterocycles. The smallest absolute Gasteiger partial charge is 0.221 e. The van der Waals surface area contributed by atoms with Gasteiger partial charge in [-0.25, -0.2) is 0 Å². The molecule has 0 aromatic heterocycles. The Morgan fingerprint density at radius 1 is 1.24 bits per heavy atom. The number of carbonyl (C=O) groups is 1. The summed E-state index contributed by atoms with van der Waals surface area (Å²) in [6, 6.07) is 0.615. The zero-order valence-corrected chi connectivity index (χ0v) is 11.4. The van der Waals surface area contributed by atoms with Crippen LogP contribution in [0.1, 0.15) is 58.8 Å². The lowest BCUT2D eigenvalue weighted by atomic mass is 9.83. The van der Waals surface area contributed by atoms with Crippen molar-refractivity contribution in [1.82, 2.24) is 10.6 Å². The molecule has 0 spiro atoms. The molecule has 1 atom stereocenters. The van der Waals surface area contributed by atoms with Gasteiger partial charge < -0.3 is 10.6 Å². The minimum Gasteiger partial charge on any atom is -0.356 e. The predicted molar refractivity (Wildman–Crippen MR) is 72.0 cm³/mol. The van der Waals surface area contributed by atoms with Gasteiger partial charge in [-0.05, 0) is 32.1 Å². The highest BCUT2D eigenvalue weighted by molar-refractivity contribution is 5.75. The minimum absolute atomic E-state index is 0.165. The molecule has 1 saturated carbocycles. The molecule has 1 amide bonds. The number of amides is 1. The maximum absolute atomic E-state index is 11.3. The summed E-state index contributed by atoms with van der Waals surface area (Å²) in [7, 11) is 0. The summed E-state index contributed by atoms with van der Waals surface area (Å²) in [5.74, 6) is 1.00. The van der Waals surface area contributed by atoms with E-state index in [0.717, 1.165) is 19.0 Å². The Labute approximate surface area is 106 Å². The quantitative estimate of drug-likeness (QED) is 0.718. The fourth-order valence-corrected chi connectivity index (χ4v) is 2.84. The molecule has 0 aromatic rings. The fraction of sp³-hybridized carbons (Fsp3) is 0.929. The Kier molecular flexibility index (Phi) is 7.25. The Morgan fingerprint density at radius 3 is 2.53 bits per heavy atom. The summed E-state index contributed by atoms with van der Waals surface area (Å²) >= 11 is 0. The van der Waals surface area contributed by atoms with E-state index in [0.29, 0.717) is 12.5 Å². The summed E-state index contributed by atoms with van der Waals surface area (Å²) in [5.41, 5.74) is 0. The second-order valence-corrected chi connectivity index (χ2v) is 5.07. The first kappa shape index (κ1) is 14.5. The first-order valence-electron chi connectivity index (χ1n) is 7.28. The van der Waals surface area contributed by atoms with Crippen LogP contribution in [0.3, 0.4) is 0 Å². The number of carbonyl (C=O) groups excluding carboxylic acids is 1. The van der Waals surface area contributed by atoms with Crippen LogP contribution < -0.4 is 10.6 Å². The number of rotatable bonds is 7. The lowest BCUT2D eigenvalue weighted by Crippen LogP contribution is -2.39. The van der Waals surface area contributed by atoms with Gasteiger partial charge in [-0.3, -0.25) is 4.79 Å². The Hall–Kier alpha value is -0.570. The van der Waals surface area contributed by atoms with Crippen molar-refractivity contribution in [2.45, 2.75) is 64.8 Å². The second-order valence-electron chi connectivity index (χ2n) is 5.07. The van der Waals surface area contributed by atoms with Crippen LogP contribution in [0, 0.1) is 5.92 Å². The third-order valence-electron chi connectivity index (χ3n) is 3.79. The fourth-order valence-electron chi connectivity index (χ4n) is 2.84. The van der Waals surface area contributed by atoms with Crippen LogP contribution in [-0.2, 0) is 4.79 Å². The van der Waals surface area contributed by atoms with Gasteiger partial charge in [-0.15, -0.1) is 0 Å². The van der Waals surface area contributed by atoms with Crippen molar-refractivity contribution in [1.29, 1.82) is 0 Å². The minimum atomic E-state index is 0.165. The Balaban J connectivity index is 2.19. The van der Waals surface area contributed by atoms with E-state index in [-0.39, 0.29) is 5.91 Å². The van der Waals surface area contributed by atoms with Gasteiger partial charge in [0, 0.05) is 25.6 Å². The molecule has 1 rings (SSSR count). The van der Waals surface area contributed by atoms with Crippen molar-refractivity contribution in [3.63, 3.8) is 0 Å². The molecule has 3 nitrogen and oxygen atoms in total. The Morgan fingerprint density at radius 2 is 1.94 bits per heavy atom. The monoisotopic (exact) mass is 240 g/mol. The molecular formula is C14H28N2O. The normalized spacial score (nSPS) is 18.9. The molecule has 0 bridgehead atoms. The lowest BCUT2D eigenvalue weighted by Gasteiger charge is -2.30. The molecule has 0 radical (unpaired) electrons. The molecule has 1 aliphatic rings. The van der Waals surface area contributed by atoms with E-state index >= 15 is 0 Å². The molecule has 1 unspecified atom stereocenters. The summed E-state index contributed by atoms with van der Waals surface area (Å²) < 4.78 is 0. The van der Waals surface area contributed by atoms with Crippen LogP contribution in [0.25, 0.3) is 0 Å². The zero-order valence-electron chi connectivity index (χ0n) is 11.4. The SMILES string of the molecule is CCNC(=O)CCNC(CC)C1CCCCC1. The van der Waals surface area contributed by atoms with Crippen molar-refractivity contribution in [2.75, 3.05) is 13.1 Å². The summed E-state index contributed by atoms with van der Waals surface area (Å²) in [4.78, 5) is 11.3. The first-order valence-corrected chi connectivity index (χ1v) is 7.28. The van der Waals surface area contributed by atoms with Crippen LogP contribution in [0.2, 0.25) is 0 Å². The van der Waals surface area contributed by atoms with Gasteiger partial charge >= 0.3 is 0 Å². The average Bonchev–Trinajstić information content (AvgIpc) is 2.36. The van der Waals surface area contributed by atoms with Crippen LogP contribution in [0.4, 0.5) is 0 Å². The third kappa shape index (κ3) is 5.53. The molecule has 0 heterocycles. The van der Waals surface area contributed by atoms with Crippen LogP contribution in [-0.4, -0.2) is 25.0 Å². The largest absolute Gasteiger partial charge is 0.356 e. The van der Waals surface area contributed by atoms with E-state index in [1.54, 1.807) is 0 Å². The van der Waals surface area contributed by atoms with Gasteiger partial charge in [0.05, 0.1) is 0 Å². The van der Waals surface area contributed by atoms with E-state index in [1.807, 2.05) is 6.92 Å². The van der Waals surface area contributed by atoms with E-state index < -0.39 is 0 Å². The van der Waals surface area contributed by atoms with Crippen molar-refractivity contribution >= 4 is 5.91 Å². The first-order chi connectivity index (χ1) is 8.27. The molecule has 3 heteroatoms. The van der Waals surface area contributed by atoms with Crippen molar-refractivity contribution in [3.05, 3.63) is 0 Å². The van der Waals surface area contributed by atoms with Gasteiger partial charge in [0.2, 0.25) is 5.91 Å². The highest BCUT2D eigenvalue weighted by atomic mass is 16.1. The van der Waals surface area contributed by atoms with Crippen molar-refractivity contribution in [2.24, 2.45) is 5.92 Å². The second kappa shape index (κ2) is 8.51. The van der Waals surface area contributed by atoms with Gasteiger partial charge in [0.1, 0.15) is 0 Å².